The van der Waals surface area contributed by atoms with Crippen molar-refractivity contribution in [3.05, 3.63) is 109 Å². The standard InChI is InChI=1S/C29H28N2O3/c1-5-15-33-25-17-19(3)7-9-21(25)23-11-13-30-27(23)29(32)28-24(12-14-31-28)22-10-8-20(4)18-26(22)34-16-6-2/h5-14,17-18,30-31H,1-2,15-16H2,3-4H3. The lowest BCUT2D eigenvalue weighted by molar-refractivity contribution is 0.103. The Morgan fingerprint density at radius 2 is 1.18 bits per heavy atom. The van der Waals surface area contributed by atoms with Crippen LogP contribution in [-0.4, -0.2) is 29.0 Å². The highest BCUT2D eigenvalue weighted by atomic mass is 16.5. The molecular formula is C29H28N2O3. The van der Waals surface area contributed by atoms with E-state index in [4.69, 9.17) is 9.47 Å². The van der Waals surface area contributed by atoms with Crippen molar-refractivity contribution in [3.8, 4) is 33.8 Å². The maximum absolute atomic E-state index is 13.8. The van der Waals surface area contributed by atoms with Crippen LogP contribution in [-0.2, 0) is 0 Å². The second-order valence-electron chi connectivity index (χ2n) is 8.06. The molecule has 0 aliphatic rings. The molecule has 172 valence electrons. The molecule has 0 bridgehead atoms. The molecule has 4 aromatic rings. The maximum Gasteiger partial charge on any atom is 0.226 e. The number of carbonyl (C=O) groups excluding carboxylic acids is 1. The first-order chi connectivity index (χ1) is 16.5. The van der Waals surface area contributed by atoms with E-state index in [0.717, 1.165) is 33.4 Å². The molecule has 0 spiro atoms. The van der Waals surface area contributed by atoms with Gasteiger partial charge in [0, 0.05) is 34.6 Å². The highest BCUT2D eigenvalue weighted by Crippen LogP contribution is 2.37. The van der Waals surface area contributed by atoms with Gasteiger partial charge in [0.2, 0.25) is 5.78 Å². The average molecular weight is 453 g/mol. The van der Waals surface area contributed by atoms with Crippen LogP contribution in [0.4, 0.5) is 0 Å². The van der Waals surface area contributed by atoms with Crippen LogP contribution in [0.1, 0.15) is 27.3 Å². The van der Waals surface area contributed by atoms with Crippen molar-refractivity contribution in [2.75, 3.05) is 13.2 Å². The first-order valence-electron chi connectivity index (χ1n) is 11.1. The molecule has 0 atom stereocenters. The number of H-pyrrole nitrogens is 2. The first kappa shape index (κ1) is 22.9. The molecule has 0 aliphatic carbocycles. The SMILES string of the molecule is C=CCOc1cc(C)ccc1-c1cc[nH]c1C(=O)c1[nH]ccc1-c1ccc(C)cc1OCC=C. The van der Waals surface area contributed by atoms with Gasteiger partial charge in [-0.3, -0.25) is 4.79 Å². The normalized spacial score (nSPS) is 10.6. The van der Waals surface area contributed by atoms with Gasteiger partial charge in [-0.15, -0.1) is 0 Å². The zero-order valence-corrected chi connectivity index (χ0v) is 19.5. The number of aromatic nitrogens is 2. The first-order valence-corrected chi connectivity index (χ1v) is 11.1. The molecule has 34 heavy (non-hydrogen) atoms. The molecule has 2 aromatic carbocycles. The van der Waals surface area contributed by atoms with Gasteiger partial charge in [0.25, 0.3) is 0 Å². The van der Waals surface area contributed by atoms with E-state index in [1.54, 1.807) is 24.5 Å². The molecule has 2 heterocycles. The summed E-state index contributed by atoms with van der Waals surface area (Å²) in [7, 11) is 0. The maximum atomic E-state index is 13.8. The van der Waals surface area contributed by atoms with Crippen LogP contribution < -0.4 is 9.47 Å². The van der Waals surface area contributed by atoms with Crippen LogP contribution >= 0.6 is 0 Å². The zero-order chi connectivity index (χ0) is 24.1. The van der Waals surface area contributed by atoms with Crippen molar-refractivity contribution in [2.45, 2.75) is 13.8 Å². The number of rotatable bonds is 10. The number of hydrogen-bond donors (Lipinski definition) is 2. The fourth-order valence-electron chi connectivity index (χ4n) is 3.93. The molecule has 0 saturated carbocycles. The summed E-state index contributed by atoms with van der Waals surface area (Å²) >= 11 is 0. The Bertz CT molecular complexity index is 1240. The minimum atomic E-state index is -0.148. The summed E-state index contributed by atoms with van der Waals surface area (Å²) in [5.41, 5.74) is 6.35. The second kappa shape index (κ2) is 10.1. The fraction of sp³-hybridized carbons (Fsp3) is 0.138. The van der Waals surface area contributed by atoms with Crippen molar-refractivity contribution in [1.29, 1.82) is 0 Å². The van der Waals surface area contributed by atoms with Gasteiger partial charge in [0.1, 0.15) is 24.7 Å². The number of nitrogens with one attached hydrogen (secondary N) is 2. The van der Waals surface area contributed by atoms with Crippen molar-refractivity contribution in [3.63, 3.8) is 0 Å². The predicted octanol–water partition coefficient (Wildman–Crippen LogP) is 6.65. The molecule has 5 nitrogen and oxygen atoms in total. The van der Waals surface area contributed by atoms with Crippen molar-refractivity contribution in [2.24, 2.45) is 0 Å². The Labute approximate surface area is 199 Å². The van der Waals surface area contributed by atoms with Crippen molar-refractivity contribution >= 4 is 5.78 Å². The van der Waals surface area contributed by atoms with Crippen LogP contribution in [0.5, 0.6) is 11.5 Å². The van der Waals surface area contributed by atoms with E-state index < -0.39 is 0 Å². The summed E-state index contributed by atoms with van der Waals surface area (Å²) in [5, 5.41) is 0. The molecule has 4 rings (SSSR count). The molecule has 0 saturated heterocycles. The number of ether oxygens (including phenoxy) is 2. The third-order valence-corrected chi connectivity index (χ3v) is 5.52. The monoisotopic (exact) mass is 452 g/mol. The van der Waals surface area contributed by atoms with Crippen molar-refractivity contribution in [1.82, 2.24) is 9.97 Å². The lowest BCUT2D eigenvalue weighted by atomic mass is 9.97. The van der Waals surface area contributed by atoms with E-state index >= 15 is 0 Å². The minimum Gasteiger partial charge on any atom is -0.489 e. The number of ketones is 1. The quantitative estimate of drug-likeness (QED) is 0.209. The summed E-state index contributed by atoms with van der Waals surface area (Å²) in [5.74, 6) is 1.27. The summed E-state index contributed by atoms with van der Waals surface area (Å²) in [6.45, 7) is 12.2. The molecule has 0 amide bonds. The largest absolute Gasteiger partial charge is 0.489 e. The molecule has 0 aliphatic heterocycles. The number of aromatic amines is 2. The Balaban J connectivity index is 1.76. The number of hydrogen-bond acceptors (Lipinski definition) is 3. The molecule has 2 N–H and O–H groups in total. The van der Waals surface area contributed by atoms with Crippen molar-refractivity contribution < 1.29 is 14.3 Å². The third-order valence-electron chi connectivity index (χ3n) is 5.52. The zero-order valence-electron chi connectivity index (χ0n) is 19.5. The highest BCUT2D eigenvalue weighted by Gasteiger charge is 2.23. The Morgan fingerprint density at radius 3 is 1.59 bits per heavy atom. The van der Waals surface area contributed by atoms with E-state index in [2.05, 4.69) is 23.1 Å². The van der Waals surface area contributed by atoms with Gasteiger partial charge in [0.05, 0.1) is 11.4 Å². The van der Waals surface area contributed by atoms with Gasteiger partial charge in [-0.25, -0.2) is 0 Å². The minimum absolute atomic E-state index is 0.148. The van der Waals surface area contributed by atoms with Gasteiger partial charge in [0.15, 0.2) is 0 Å². The molecule has 2 aromatic heterocycles. The number of carbonyl (C=O) groups is 1. The van der Waals surface area contributed by atoms with Crippen LogP contribution in [0.3, 0.4) is 0 Å². The molecule has 0 unspecified atom stereocenters. The van der Waals surface area contributed by atoms with Gasteiger partial charge in [-0.05, 0) is 49.2 Å². The van der Waals surface area contributed by atoms with Crippen LogP contribution in [0.25, 0.3) is 22.3 Å². The predicted molar refractivity (Wildman–Crippen MR) is 137 cm³/mol. The topological polar surface area (TPSA) is 67.1 Å². The van der Waals surface area contributed by atoms with Gasteiger partial charge in [-0.1, -0.05) is 49.6 Å². The lowest BCUT2D eigenvalue weighted by Crippen LogP contribution is -2.07. The fourth-order valence-corrected chi connectivity index (χ4v) is 3.93. The third kappa shape index (κ3) is 4.59. The Morgan fingerprint density at radius 1 is 0.735 bits per heavy atom. The van der Waals surface area contributed by atoms with E-state index in [-0.39, 0.29) is 5.78 Å². The summed E-state index contributed by atoms with van der Waals surface area (Å²) < 4.78 is 11.8. The Hall–Kier alpha value is -4.25. The van der Waals surface area contributed by atoms with Gasteiger partial charge >= 0.3 is 0 Å². The van der Waals surface area contributed by atoms with Crippen LogP contribution in [0, 0.1) is 13.8 Å². The average Bonchev–Trinajstić information content (AvgIpc) is 3.51. The summed E-state index contributed by atoms with van der Waals surface area (Å²) in [4.78, 5) is 20.0. The molecule has 5 heteroatoms. The van der Waals surface area contributed by atoms with E-state index in [0.29, 0.717) is 36.1 Å². The smallest absolute Gasteiger partial charge is 0.226 e. The molecular weight excluding hydrogens is 424 g/mol. The molecule has 0 radical (unpaired) electrons. The highest BCUT2D eigenvalue weighted by molar-refractivity contribution is 6.14. The Kier molecular flexibility index (Phi) is 6.83. The number of benzene rings is 2. The van der Waals surface area contributed by atoms with Crippen LogP contribution in [0.15, 0.2) is 86.2 Å². The van der Waals surface area contributed by atoms with E-state index in [1.165, 1.54) is 0 Å². The summed E-state index contributed by atoms with van der Waals surface area (Å²) in [6, 6.07) is 15.7. The van der Waals surface area contributed by atoms with Gasteiger partial charge < -0.3 is 19.4 Å². The van der Waals surface area contributed by atoms with Crippen LogP contribution in [0.2, 0.25) is 0 Å². The van der Waals surface area contributed by atoms with Gasteiger partial charge in [-0.2, -0.15) is 0 Å². The summed E-state index contributed by atoms with van der Waals surface area (Å²) in [6.07, 6.45) is 6.95. The van der Waals surface area contributed by atoms with E-state index in [1.807, 2.05) is 62.4 Å². The molecule has 0 fully saturated rings. The second-order valence-corrected chi connectivity index (χ2v) is 8.06. The lowest BCUT2D eigenvalue weighted by Gasteiger charge is -2.13. The van der Waals surface area contributed by atoms with E-state index in [9.17, 15) is 4.79 Å². The number of aryl methyl sites for hydroxylation is 2.